The summed E-state index contributed by atoms with van der Waals surface area (Å²) in [6.45, 7) is 2.34. The molecule has 1 aliphatic heterocycles. The third kappa shape index (κ3) is 3.03. The molecule has 5 heteroatoms. The van der Waals surface area contributed by atoms with Crippen molar-refractivity contribution >= 4 is 17.8 Å². The quantitative estimate of drug-likeness (QED) is 0.622. The van der Waals surface area contributed by atoms with Gasteiger partial charge in [0.15, 0.2) is 0 Å². The van der Waals surface area contributed by atoms with Crippen LogP contribution in [0.25, 0.3) is 0 Å². The van der Waals surface area contributed by atoms with E-state index in [-0.39, 0.29) is 5.91 Å². The topological polar surface area (TPSA) is 66.5 Å². The largest absolute Gasteiger partial charge is 0.330 e. The lowest BCUT2D eigenvalue weighted by atomic mass is 9.92. The molecule has 19 heavy (non-hydrogen) atoms. The second-order valence-electron chi connectivity index (χ2n) is 5.23. The van der Waals surface area contributed by atoms with Gasteiger partial charge in [0.1, 0.15) is 5.92 Å². The summed E-state index contributed by atoms with van der Waals surface area (Å²) in [5, 5.41) is 2.29. The standard InChI is InChI=1S/C14H20N2O3/c1-2-6-11-12(17)15-14(19)16(13(11)18)9-10-7-4-3-5-8-10/h3-4,10-11H,2,5-9H2,1H3,(H,15,17,19). The van der Waals surface area contributed by atoms with Crippen LogP contribution in [-0.2, 0) is 9.59 Å². The Morgan fingerprint density at radius 1 is 1.32 bits per heavy atom. The molecule has 1 saturated heterocycles. The molecule has 0 spiro atoms. The number of barbiturate groups is 1. The first-order valence-electron chi connectivity index (χ1n) is 6.94. The minimum Gasteiger partial charge on any atom is -0.277 e. The van der Waals surface area contributed by atoms with Gasteiger partial charge < -0.3 is 0 Å². The molecular weight excluding hydrogens is 244 g/mol. The van der Waals surface area contributed by atoms with Crippen LogP contribution in [0.15, 0.2) is 12.2 Å². The minimum atomic E-state index is -0.693. The fourth-order valence-corrected chi connectivity index (χ4v) is 2.66. The van der Waals surface area contributed by atoms with E-state index in [2.05, 4.69) is 17.5 Å². The summed E-state index contributed by atoms with van der Waals surface area (Å²) in [7, 11) is 0. The molecular formula is C14H20N2O3. The number of rotatable bonds is 4. The number of carbonyl (C=O) groups excluding carboxylic acids is 3. The van der Waals surface area contributed by atoms with Crippen LogP contribution in [0.5, 0.6) is 0 Å². The first-order valence-corrected chi connectivity index (χ1v) is 6.94. The minimum absolute atomic E-state index is 0.315. The van der Waals surface area contributed by atoms with E-state index in [1.807, 2.05) is 6.92 Å². The highest BCUT2D eigenvalue weighted by Crippen LogP contribution is 2.22. The van der Waals surface area contributed by atoms with E-state index in [1.54, 1.807) is 0 Å². The predicted octanol–water partition coefficient (Wildman–Crippen LogP) is 1.84. The van der Waals surface area contributed by atoms with Gasteiger partial charge >= 0.3 is 6.03 Å². The number of nitrogens with one attached hydrogen (secondary N) is 1. The van der Waals surface area contributed by atoms with Crippen molar-refractivity contribution in [3.05, 3.63) is 12.2 Å². The van der Waals surface area contributed by atoms with Gasteiger partial charge in [-0.2, -0.15) is 0 Å². The third-order valence-corrected chi connectivity index (χ3v) is 3.75. The Labute approximate surface area is 113 Å². The Kier molecular flexibility index (Phi) is 4.35. The molecule has 4 amide bonds. The average Bonchev–Trinajstić information content (AvgIpc) is 2.41. The van der Waals surface area contributed by atoms with Crippen LogP contribution in [-0.4, -0.2) is 29.3 Å². The van der Waals surface area contributed by atoms with Gasteiger partial charge in [-0.05, 0) is 31.6 Å². The number of allylic oxidation sites excluding steroid dienone is 2. The number of hydrogen-bond donors (Lipinski definition) is 1. The molecule has 2 atom stereocenters. The van der Waals surface area contributed by atoms with E-state index in [0.717, 1.165) is 25.7 Å². The third-order valence-electron chi connectivity index (χ3n) is 3.75. The zero-order valence-electron chi connectivity index (χ0n) is 11.2. The summed E-state index contributed by atoms with van der Waals surface area (Å²) in [6, 6.07) is -0.558. The Hall–Kier alpha value is -1.65. The van der Waals surface area contributed by atoms with Gasteiger partial charge in [0.05, 0.1) is 0 Å². The van der Waals surface area contributed by atoms with Crippen molar-refractivity contribution in [2.45, 2.75) is 39.0 Å². The Bertz CT molecular complexity index is 417. The number of nitrogens with zero attached hydrogens (tertiary/aromatic N) is 1. The number of hydrogen-bond acceptors (Lipinski definition) is 3. The molecule has 1 aliphatic carbocycles. The molecule has 0 aromatic heterocycles. The molecule has 1 N–H and O–H groups in total. The van der Waals surface area contributed by atoms with Crippen molar-refractivity contribution < 1.29 is 14.4 Å². The fourth-order valence-electron chi connectivity index (χ4n) is 2.66. The zero-order valence-corrected chi connectivity index (χ0v) is 11.2. The van der Waals surface area contributed by atoms with E-state index in [1.165, 1.54) is 4.90 Å². The molecule has 0 bridgehead atoms. The second-order valence-corrected chi connectivity index (χ2v) is 5.23. The Morgan fingerprint density at radius 3 is 2.74 bits per heavy atom. The maximum absolute atomic E-state index is 12.2. The van der Waals surface area contributed by atoms with Gasteiger partial charge in [-0.15, -0.1) is 0 Å². The maximum Gasteiger partial charge on any atom is 0.330 e. The van der Waals surface area contributed by atoms with Crippen molar-refractivity contribution in [3.8, 4) is 0 Å². The Morgan fingerprint density at radius 2 is 2.11 bits per heavy atom. The van der Waals surface area contributed by atoms with Crippen LogP contribution in [0.1, 0.15) is 39.0 Å². The highest BCUT2D eigenvalue weighted by Gasteiger charge is 2.40. The number of amides is 4. The molecule has 104 valence electrons. The van der Waals surface area contributed by atoms with E-state index in [9.17, 15) is 14.4 Å². The van der Waals surface area contributed by atoms with Crippen LogP contribution in [0.3, 0.4) is 0 Å². The second kappa shape index (κ2) is 5.99. The highest BCUT2D eigenvalue weighted by molar-refractivity contribution is 6.16. The van der Waals surface area contributed by atoms with Gasteiger partial charge in [0, 0.05) is 6.54 Å². The fraction of sp³-hybridized carbons (Fsp3) is 0.643. The number of imide groups is 2. The van der Waals surface area contributed by atoms with Crippen molar-refractivity contribution in [3.63, 3.8) is 0 Å². The smallest absolute Gasteiger partial charge is 0.277 e. The molecule has 5 nitrogen and oxygen atoms in total. The van der Waals surface area contributed by atoms with Gasteiger partial charge in [-0.3, -0.25) is 19.8 Å². The molecule has 2 unspecified atom stereocenters. The summed E-state index contributed by atoms with van der Waals surface area (Å²) in [4.78, 5) is 36.9. The summed E-state index contributed by atoms with van der Waals surface area (Å²) < 4.78 is 0. The molecule has 0 saturated carbocycles. The molecule has 0 radical (unpaired) electrons. The Balaban J connectivity index is 2.05. The summed E-state index contributed by atoms with van der Waals surface area (Å²) >= 11 is 0. The lowest BCUT2D eigenvalue weighted by Gasteiger charge is -2.32. The van der Waals surface area contributed by atoms with Crippen LogP contribution in [0.4, 0.5) is 4.79 Å². The lowest BCUT2D eigenvalue weighted by molar-refractivity contribution is -0.143. The number of carbonyl (C=O) groups is 3. The van der Waals surface area contributed by atoms with E-state index in [4.69, 9.17) is 0 Å². The summed E-state index contributed by atoms with van der Waals surface area (Å²) in [5.74, 6) is -1.15. The van der Waals surface area contributed by atoms with Gasteiger partial charge in [0.2, 0.25) is 11.8 Å². The van der Waals surface area contributed by atoms with Crippen LogP contribution < -0.4 is 5.32 Å². The number of urea groups is 1. The molecule has 0 aromatic carbocycles. The van der Waals surface area contributed by atoms with Crippen LogP contribution in [0.2, 0.25) is 0 Å². The van der Waals surface area contributed by atoms with Crippen LogP contribution in [0, 0.1) is 11.8 Å². The molecule has 1 fully saturated rings. The zero-order chi connectivity index (χ0) is 13.8. The van der Waals surface area contributed by atoms with Gasteiger partial charge in [-0.25, -0.2) is 4.79 Å². The highest BCUT2D eigenvalue weighted by atomic mass is 16.2. The molecule has 2 rings (SSSR count). The van der Waals surface area contributed by atoms with Crippen LogP contribution >= 0.6 is 0 Å². The normalized spacial score (nSPS) is 27.6. The summed E-state index contributed by atoms with van der Waals surface area (Å²) in [6.07, 6.45) is 8.33. The van der Waals surface area contributed by atoms with E-state index < -0.39 is 17.9 Å². The predicted molar refractivity (Wildman–Crippen MR) is 70.1 cm³/mol. The summed E-state index contributed by atoms with van der Waals surface area (Å²) in [5.41, 5.74) is 0. The lowest BCUT2D eigenvalue weighted by Crippen LogP contribution is -2.58. The van der Waals surface area contributed by atoms with Crippen molar-refractivity contribution in [1.29, 1.82) is 0 Å². The SMILES string of the molecule is CCCC1C(=O)NC(=O)N(CC2CC=CCC2)C1=O. The molecule has 1 heterocycles. The first kappa shape index (κ1) is 13.8. The average molecular weight is 264 g/mol. The maximum atomic E-state index is 12.2. The molecule has 2 aliphatic rings. The van der Waals surface area contributed by atoms with Gasteiger partial charge in [0.25, 0.3) is 0 Å². The molecule has 0 aromatic rings. The first-order chi connectivity index (χ1) is 9.13. The van der Waals surface area contributed by atoms with Crippen molar-refractivity contribution in [1.82, 2.24) is 10.2 Å². The van der Waals surface area contributed by atoms with E-state index >= 15 is 0 Å². The monoisotopic (exact) mass is 264 g/mol. The van der Waals surface area contributed by atoms with Gasteiger partial charge in [-0.1, -0.05) is 25.5 Å². The van der Waals surface area contributed by atoms with Crippen molar-refractivity contribution in [2.24, 2.45) is 11.8 Å². The van der Waals surface area contributed by atoms with E-state index in [0.29, 0.717) is 18.9 Å². The van der Waals surface area contributed by atoms with Crippen molar-refractivity contribution in [2.75, 3.05) is 6.54 Å².